The molecule has 5 nitrogen and oxygen atoms in total. The summed E-state index contributed by atoms with van der Waals surface area (Å²) in [4.78, 5) is 4.36. The molecular weight excluding hydrogens is 298 g/mol. The number of rotatable bonds is 5. The standard InChI is InChI=1S/C19H25N5/c1-4-23(5-2)10-11-24-17-9-7-6-8-14(17)16-13-22(3)19(21)15(12-20)18(16)24/h6-9H,4-5,10-11,13,21H2,1-3H3. The summed E-state index contributed by atoms with van der Waals surface area (Å²) in [5.41, 5.74) is 10.2. The summed E-state index contributed by atoms with van der Waals surface area (Å²) in [6.07, 6.45) is 0. The van der Waals surface area contributed by atoms with Gasteiger partial charge in [0, 0.05) is 43.1 Å². The molecule has 0 fully saturated rings. The number of allylic oxidation sites excluding steroid dienone is 1. The number of para-hydroxylation sites is 1. The third kappa shape index (κ3) is 2.53. The van der Waals surface area contributed by atoms with Gasteiger partial charge in [0.25, 0.3) is 0 Å². The monoisotopic (exact) mass is 323 g/mol. The largest absolute Gasteiger partial charge is 0.384 e. The van der Waals surface area contributed by atoms with Crippen LogP contribution in [0, 0.1) is 11.3 Å². The van der Waals surface area contributed by atoms with Crippen LogP contribution in [0.1, 0.15) is 25.1 Å². The Hall–Kier alpha value is -2.45. The molecule has 0 bridgehead atoms. The Kier molecular flexibility index (Phi) is 4.50. The molecule has 5 heteroatoms. The van der Waals surface area contributed by atoms with Crippen molar-refractivity contribution < 1.29 is 0 Å². The molecule has 0 saturated carbocycles. The molecule has 2 heterocycles. The van der Waals surface area contributed by atoms with Crippen molar-refractivity contribution in [2.45, 2.75) is 26.9 Å². The van der Waals surface area contributed by atoms with Gasteiger partial charge in [-0.1, -0.05) is 32.0 Å². The Morgan fingerprint density at radius 1 is 1.25 bits per heavy atom. The highest BCUT2D eigenvalue weighted by molar-refractivity contribution is 5.94. The van der Waals surface area contributed by atoms with Gasteiger partial charge in [-0.2, -0.15) is 5.26 Å². The molecule has 0 saturated heterocycles. The lowest BCUT2D eigenvalue weighted by atomic mass is 10.0. The molecule has 0 spiro atoms. The summed E-state index contributed by atoms with van der Waals surface area (Å²) in [6, 6.07) is 10.7. The lowest BCUT2D eigenvalue weighted by Gasteiger charge is -2.27. The fraction of sp³-hybridized carbons (Fsp3) is 0.421. The molecule has 0 amide bonds. The summed E-state index contributed by atoms with van der Waals surface area (Å²) in [7, 11) is 1.94. The molecule has 0 aliphatic carbocycles. The summed E-state index contributed by atoms with van der Waals surface area (Å²) in [5.74, 6) is 0.567. The maximum Gasteiger partial charge on any atom is 0.119 e. The highest BCUT2D eigenvalue weighted by Crippen LogP contribution is 2.36. The van der Waals surface area contributed by atoms with Gasteiger partial charge < -0.3 is 20.1 Å². The summed E-state index contributed by atoms with van der Waals surface area (Å²) < 4.78 is 2.28. The van der Waals surface area contributed by atoms with Crippen LogP contribution in [0.2, 0.25) is 0 Å². The van der Waals surface area contributed by atoms with Crippen molar-refractivity contribution in [3.63, 3.8) is 0 Å². The van der Waals surface area contributed by atoms with Gasteiger partial charge in [0.1, 0.15) is 17.5 Å². The van der Waals surface area contributed by atoms with E-state index in [1.807, 2.05) is 11.9 Å². The SMILES string of the molecule is CCN(CC)CCn1c2c(c3ccccc31)CN(C)C(N)=C2C#N. The highest BCUT2D eigenvalue weighted by Gasteiger charge is 2.28. The number of hydrogen-bond acceptors (Lipinski definition) is 4. The first-order chi connectivity index (χ1) is 11.6. The molecule has 24 heavy (non-hydrogen) atoms. The van der Waals surface area contributed by atoms with E-state index in [9.17, 15) is 5.26 Å². The fourth-order valence-corrected chi connectivity index (χ4v) is 3.58. The van der Waals surface area contributed by atoms with Crippen LogP contribution in [-0.2, 0) is 13.1 Å². The van der Waals surface area contributed by atoms with Crippen molar-refractivity contribution in [1.82, 2.24) is 14.4 Å². The molecule has 2 aromatic rings. The quantitative estimate of drug-likeness (QED) is 0.919. The fourth-order valence-electron chi connectivity index (χ4n) is 3.58. The molecule has 2 N–H and O–H groups in total. The molecule has 126 valence electrons. The zero-order chi connectivity index (χ0) is 17.3. The first-order valence-electron chi connectivity index (χ1n) is 8.56. The van der Waals surface area contributed by atoms with Crippen LogP contribution in [0.4, 0.5) is 0 Å². The topological polar surface area (TPSA) is 61.2 Å². The number of aromatic nitrogens is 1. The molecule has 0 unspecified atom stereocenters. The number of nitriles is 1. The zero-order valence-electron chi connectivity index (χ0n) is 14.7. The lowest BCUT2D eigenvalue weighted by molar-refractivity contribution is 0.291. The first kappa shape index (κ1) is 16.4. The van der Waals surface area contributed by atoms with Crippen molar-refractivity contribution in [1.29, 1.82) is 5.26 Å². The lowest BCUT2D eigenvalue weighted by Crippen LogP contribution is -2.30. The van der Waals surface area contributed by atoms with Gasteiger partial charge >= 0.3 is 0 Å². The van der Waals surface area contributed by atoms with Crippen LogP contribution in [0.15, 0.2) is 30.1 Å². The van der Waals surface area contributed by atoms with Crippen LogP contribution < -0.4 is 5.73 Å². The molecule has 1 aliphatic rings. The van der Waals surface area contributed by atoms with Gasteiger partial charge in [-0.3, -0.25) is 0 Å². The van der Waals surface area contributed by atoms with Crippen LogP contribution >= 0.6 is 0 Å². The molecule has 1 aliphatic heterocycles. The maximum atomic E-state index is 9.71. The van der Waals surface area contributed by atoms with E-state index in [1.54, 1.807) is 0 Å². The predicted octanol–water partition coefficient (Wildman–Crippen LogP) is 2.58. The third-order valence-electron chi connectivity index (χ3n) is 5.02. The van der Waals surface area contributed by atoms with Crippen LogP contribution in [0.25, 0.3) is 16.5 Å². The molecule has 1 aromatic heterocycles. The van der Waals surface area contributed by atoms with Gasteiger partial charge in [0.2, 0.25) is 0 Å². The Labute approximate surface area is 143 Å². The van der Waals surface area contributed by atoms with Crippen LogP contribution in [0.5, 0.6) is 0 Å². The number of nitrogens with zero attached hydrogens (tertiary/aromatic N) is 4. The van der Waals surface area contributed by atoms with Crippen molar-refractivity contribution in [2.24, 2.45) is 5.73 Å². The molecule has 1 aromatic carbocycles. The van der Waals surface area contributed by atoms with Gasteiger partial charge in [-0.15, -0.1) is 0 Å². The van der Waals surface area contributed by atoms with Crippen molar-refractivity contribution >= 4 is 16.5 Å². The first-order valence-corrected chi connectivity index (χ1v) is 8.56. The Morgan fingerprint density at radius 2 is 1.96 bits per heavy atom. The smallest absolute Gasteiger partial charge is 0.119 e. The predicted molar refractivity (Wildman–Crippen MR) is 97.9 cm³/mol. The Morgan fingerprint density at radius 3 is 2.62 bits per heavy atom. The Bertz CT molecular complexity index is 820. The molecular formula is C19H25N5. The van der Waals surface area contributed by atoms with E-state index in [4.69, 9.17) is 5.73 Å². The second-order valence-electron chi connectivity index (χ2n) is 6.25. The van der Waals surface area contributed by atoms with Crippen molar-refractivity contribution in [3.05, 3.63) is 41.3 Å². The number of fused-ring (bicyclic) bond motifs is 3. The number of likely N-dealkylation sites (N-methyl/N-ethyl adjacent to an activating group) is 1. The van der Waals surface area contributed by atoms with Gasteiger partial charge in [-0.05, 0) is 19.2 Å². The molecule has 0 radical (unpaired) electrons. The highest BCUT2D eigenvalue weighted by atomic mass is 15.2. The van der Waals surface area contributed by atoms with Crippen molar-refractivity contribution in [3.8, 4) is 6.07 Å². The average molecular weight is 323 g/mol. The van der Waals surface area contributed by atoms with Gasteiger partial charge in [0.15, 0.2) is 0 Å². The minimum atomic E-state index is 0.567. The van der Waals surface area contributed by atoms with Crippen LogP contribution in [-0.4, -0.2) is 41.0 Å². The van der Waals surface area contributed by atoms with Gasteiger partial charge in [-0.25, -0.2) is 0 Å². The number of nitrogens with two attached hydrogens (primary N) is 1. The minimum Gasteiger partial charge on any atom is -0.384 e. The molecule has 3 rings (SSSR count). The van der Waals surface area contributed by atoms with Crippen LogP contribution in [0.3, 0.4) is 0 Å². The summed E-state index contributed by atoms with van der Waals surface area (Å²) in [6.45, 7) is 8.99. The normalized spacial score (nSPS) is 14.4. The minimum absolute atomic E-state index is 0.567. The average Bonchev–Trinajstić information content (AvgIpc) is 2.91. The maximum absolute atomic E-state index is 9.71. The van der Waals surface area contributed by atoms with Crippen molar-refractivity contribution in [2.75, 3.05) is 26.7 Å². The summed E-state index contributed by atoms with van der Waals surface area (Å²) >= 11 is 0. The second kappa shape index (κ2) is 6.58. The Balaban J connectivity index is 2.17. The van der Waals surface area contributed by atoms with E-state index in [0.29, 0.717) is 11.4 Å². The van der Waals surface area contributed by atoms with E-state index in [1.165, 1.54) is 16.5 Å². The van der Waals surface area contributed by atoms with E-state index in [2.05, 4.69) is 53.6 Å². The third-order valence-corrected chi connectivity index (χ3v) is 5.02. The van der Waals surface area contributed by atoms with E-state index < -0.39 is 0 Å². The van der Waals surface area contributed by atoms with Gasteiger partial charge in [0.05, 0.1) is 5.69 Å². The summed E-state index contributed by atoms with van der Waals surface area (Å²) in [5, 5.41) is 10.9. The second-order valence-corrected chi connectivity index (χ2v) is 6.25. The number of benzene rings is 1. The number of hydrogen-bond donors (Lipinski definition) is 1. The van der Waals surface area contributed by atoms with E-state index >= 15 is 0 Å². The molecule has 0 atom stereocenters. The zero-order valence-corrected chi connectivity index (χ0v) is 14.7. The van der Waals surface area contributed by atoms with E-state index in [0.717, 1.165) is 38.4 Å². The van der Waals surface area contributed by atoms with E-state index in [-0.39, 0.29) is 0 Å².